The first-order valence-corrected chi connectivity index (χ1v) is 10.7. The van der Waals surface area contributed by atoms with Crippen LogP contribution in [0.4, 0.5) is 13.2 Å². The fraction of sp³-hybridized carbons (Fsp3) is 0.316. The number of hydrogen-bond donors (Lipinski definition) is 0. The lowest BCUT2D eigenvalue weighted by Gasteiger charge is -2.30. The number of halogens is 4. The monoisotopic (exact) mass is 444 g/mol. The van der Waals surface area contributed by atoms with E-state index in [-0.39, 0.29) is 19.0 Å². The minimum Gasteiger partial charge on any atom is -0.440 e. The van der Waals surface area contributed by atoms with Crippen LogP contribution in [0.2, 0.25) is 5.02 Å². The molecular formula is C19H16ClF3N2O3S. The number of alkyl halides is 3. The first-order chi connectivity index (χ1) is 13.7. The predicted molar refractivity (Wildman–Crippen MR) is 101 cm³/mol. The number of fused-ring (bicyclic) bond motifs is 1. The molecule has 0 atom stereocenters. The van der Waals surface area contributed by atoms with Gasteiger partial charge in [0.25, 0.3) is 0 Å². The minimum absolute atomic E-state index is 0.0820. The average molecular weight is 445 g/mol. The lowest BCUT2D eigenvalue weighted by Crippen LogP contribution is -2.38. The van der Waals surface area contributed by atoms with Crippen LogP contribution in [0.3, 0.4) is 0 Å². The summed E-state index contributed by atoms with van der Waals surface area (Å²) in [6.45, 7) is 0.164. The molecule has 2 heterocycles. The van der Waals surface area contributed by atoms with Crippen LogP contribution in [0.1, 0.15) is 30.2 Å². The van der Waals surface area contributed by atoms with Crippen molar-refractivity contribution in [3.63, 3.8) is 0 Å². The number of nitrogens with zero attached hydrogens (tertiary/aromatic N) is 2. The van der Waals surface area contributed by atoms with Crippen LogP contribution < -0.4 is 0 Å². The quantitative estimate of drug-likeness (QED) is 0.566. The van der Waals surface area contributed by atoms with Gasteiger partial charge in [0.1, 0.15) is 5.52 Å². The fourth-order valence-electron chi connectivity index (χ4n) is 3.50. The van der Waals surface area contributed by atoms with Gasteiger partial charge in [-0.2, -0.15) is 17.5 Å². The second kappa shape index (κ2) is 7.30. The second-order valence-corrected chi connectivity index (χ2v) is 9.18. The van der Waals surface area contributed by atoms with Gasteiger partial charge in [-0.25, -0.2) is 13.4 Å². The van der Waals surface area contributed by atoms with E-state index >= 15 is 0 Å². The largest absolute Gasteiger partial charge is 0.440 e. The van der Waals surface area contributed by atoms with Crippen molar-refractivity contribution in [2.75, 3.05) is 13.1 Å². The Morgan fingerprint density at radius 3 is 2.48 bits per heavy atom. The van der Waals surface area contributed by atoms with Crippen LogP contribution >= 0.6 is 11.6 Å². The maximum absolute atomic E-state index is 13.2. The van der Waals surface area contributed by atoms with Gasteiger partial charge < -0.3 is 4.42 Å². The molecule has 1 aliphatic heterocycles. The van der Waals surface area contributed by atoms with E-state index < -0.39 is 26.7 Å². The zero-order valence-corrected chi connectivity index (χ0v) is 16.6. The van der Waals surface area contributed by atoms with Gasteiger partial charge in [-0.3, -0.25) is 0 Å². The maximum Gasteiger partial charge on any atom is 0.417 e. The maximum atomic E-state index is 13.2. The molecule has 1 aliphatic rings. The number of benzene rings is 2. The summed E-state index contributed by atoms with van der Waals surface area (Å²) < 4.78 is 72.3. The van der Waals surface area contributed by atoms with Gasteiger partial charge in [0.05, 0.1) is 10.5 Å². The Hall–Kier alpha value is -2.10. The molecule has 0 radical (unpaired) electrons. The van der Waals surface area contributed by atoms with E-state index in [2.05, 4.69) is 4.98 Å². The van der Waals surface area contributed by atoms with Crippen molar-refractivity contribution in [1.82, 2.24) is 9.29 Å². The Morgan fingerprint density at radius 1 is 1.10 bits per heavy atom. The van der Waals surface area contributed by atoms with Crippen molar-refractivity contribution in [1.29, 1.82) is 0 Å². The molecule has 0 unspecified atom stereocenters. The number of oxazole rings is 1. The first-order valence-electron chi connectivity index (χ1n) is 8.88. The molecule has 0 amide bonds. The minimum atomic E-state index is -4.75. The molecule has 4 rings (SSSR count). The molecule has 5 nitrogen and oxygen atoms in total. The van der Waals surface area contributed by atoms with Crippen LogP contribution in [0.25, 0.3) is 11.1 Å². The van der Waals surface area contributed by atoms with Gasteiger partial charge in [-0.15, -0.1) is 0 Å². The molecule has 0 aliphatic carbocycles. The van der Waals surface area contributed by atoms with Gasteiger partial charge in [-0.1, -0.05) is 23.7 Å². The molecule has 1 saturated heterocycles. The third-order valence-electron chi connectivity index (χ3n) is 4.98. The second-order valence-electron chi connectivity index (χ2n) is 6.84. The van der Waals surface area contributed by atoms with Crippen molar-refractivity contribution in [3.8, 4) is 0 Å². The Balaban J connectivity index is 1.55. The summed E-state index contributed by atoms with van der Waals surface area (Å²) in [4.78, 5) is 3.70. The Bertz CT molecular complexity index is 1150. The summed E-state index contributed by atoms with van der Waals surface area (Å²) in [7, 11) is -4.27. The summed E-state index contributed by atoms with van der Waals surface area (Å²) in [5.74, 6) is 0.362. The van der Waals surface area contributed by atoms with Gasteiger partial charge in [0.15, 0.2) is 11.5 Å². The van der Waals surface area contributed by atoms with Gasteiger partial charge in [-0.05, 0) is 43.2 Å². The lowest BCUT2D eigenvalue weighted by molar-refractivity contribution is -0.139. The molecule has 0 saturated carbocycles. The van der Waals surface area contributed by atoms with E-state index in [1.165, 1.54) is 12.1 Å². The van der Waals surface area contributed by atoms with E-state index in [1.54, 1.807) is 18.2 Å². The Labute approximate surface area is 170 Å². The SMILES string of the molecule is O=S(=O)(c1ccccc1C(F)(F)F)N1CCC(c2nc3cc(Cl)ccc3o2)CC1. The molecule has 154 valence electrons. The van der Waals surface area contributed by atoms with E-state index in [4.69, 9.17) is 16.0 Å². The standard InChI is InChI=1S/C19H16ClF3N2O3S/c20-13-5-6-16-15(11-13)24-18(28-16)12-7-9-25(10-8-12)29(26,27)17-4-2-1-3-14(17)19(21,22)23/h1-6,11-12H,7-10H2. The third kappa shape index (κ3) is 3.86. The highest BCUT2D eigenvalue weighted by atomic mass is 35.5. The summed E-state index contributed by atoms with van der Waals surface area (Å²) in [6, 6.07) is 9.31. The highest BCUT2D eigenvalue weighted by Crippen LogP contribution is 2.37. The molecule has 0 N–H and O–H groups in total. The number of aromatic nitrogens is 1. The van der Waals surface area contributed by atoms with Gasteiger partial charge in [0.2, 0.25) is 10.0 Å². The Kier molecular flexibility index (Phi) is 5.08. The summed E-state index contributed by atoms with van der Waals surface area (Å²) in [5, 5.41) is 0.529. The highest BCUT2D eigenvalue weighted by Gasteiger charge is 2.40. The van der Waals surface area contributed by atoms with E-state index in [0.29, 0.717) is 34.9 Å². The number of sulfonamides is 1. The molecule has 0 bridgehead atoms. The topological polar surface area (TPSA) is 63.4 Å². The molecule has 0 spiro atoms. The molecule has 1 fully saturated rings. The highest BCUT2D eigenvalue weighted by molar-refractivity contribution is 7.89. The van der Waals surface area contributed by atoms with Crippen LogP contribution in [0.5, 0.6) is 0 Å². The van der Waals surface area contributed by atoms with Gasteiger partial charge >= 0.3 is 6.18 Å². The van der Waals surface area contributed by atoms with E-state index in [0.717, 1.165) is 16.4 Å². The average Bonchev–Trinajstić information content (AvgIpc) is 3.10. The van der Waals surface area contributed by atoms with Crippen molar-refractivity contribution in [2.45, 2.75) is 29.8 Å². The molecule has 29 heavy (non-hydrogen) atoms. The van der Waals surface area contributed by atoms with Crippen molar-refractivity contribution < 1.29 is 26.0 Å². The van der Waals surface area contributed by atoms with Crippen LogP contribution in [0, 0.1) is 0 Å². The summed E-state index contributed by atoms with van der Waals surface area (Å²) in [5.41, 5.74) is 0.0400. The Morgan fingerprint density at radius 2 is 1.79 bits per heavy atom. The fourth-order valence-corrected chi connectivity index (χ4v) is 5.35. The smallest absolute Gasteiger partial charge is 0.417 e. The number of hydrogen-bond acceptors (Lipinski definition) is 4. The molecular weight excluding hydrogens is 429 g/mol. The molecule has 1 aromatic heterocycles. The van der Waals surface area contributed by atoms with Crippen LogP contribution in [-0.2, 0) is 16.2 Å². The van der Waals surface area contributed by atoms with E-state index in [9.17, 15) is 21.6 Å². The molecule has 10 heteroatoms. The first kappa shape index (κ1) is 20.2. The predicted octanol–water partition coefficient (Wildman–Crippen LogP) is 5.07. The van der Waals surface area contributed by atoms with Crippen molar-refractivity contribution in [2.24, 2.45) is 0 Å². The molecule has 3 aromatic rings. The normalized spacial score (nSPS) is 17.1. The number of piperidine rings is 1. The van der Waals surface area contributed by atoms with Crippen LogP contribution in [0.15, 0.2) is 51.8 Å². The van der Waals surface area contributed by atoms with Crippen molar-refractivity contribution >= 4 is 32.7 Å². The zero-order chi connectivity index (χ0) is 20.8. The number of rotatable bonds is 3. The third-order valence-corrected chi connectivity index (χ3v) is 7.17. The zero-order valence-electron chi connectivity index (χ0n) is 15.0. The molecule has 2 aromatic carbocycles. The lowest BCUT2D eigenvalue weighted by atomic mass is 9.98. The summed E-state index contributed by atoms with van der Waals surface area (Å²) in [6.07, 6.45) is -3.95. The van der Waals surface area contributed by atoms with Crippen molar-refractivity contribution in [3.05, 3.63) is 58.9 Å². The van der Waals surface area contributed by atoms with E-state index in [1.807, 2.05) is 0 Å². The summed E-state index contributed by atoms with van der Waals surface area (Å²) >= 11 is 5.95. The van der Waals surface area contributed by atoms with Gasteiger partial charge in [0, 0.05) is 24.0 Å². The van der Waals surface area contributed by atoms with Crippen LogP contribution in [-0.4, -0.2) is 30.8 Å².